The number of hydrogen-bond acceptors (Lipinski definition) is 3. The molecule has 0 aromatic heterocycles. The van der Waals surface area contributed by atoms with Crippen molar-refractivity contribution in [1.29, 1.82) is 0 Å². The molecule has 1 aromatic carbocycles. The van der Waals surface area contributed by atoms with E-state index in [1.165, 1.54) is 0 Å². The van der Waals surface area contributed by atoms with Crippen molar-refractivity contribution in [3.05, 3.63) is 47.3 Å². The van der Waals surface area contributed by atoms with E-state index in [2.05, 4.69) is 4.85 Å². The summed E-state index contributed by atoms with van der Waals surface area (Å²) < 4.78 is 10.9. The standard InChI is InChI=1S/C15H17NO3/c1-16-15-13(17)11-19-14(15)8-5-9-18-10-12-6-3-2-4-7-12/h2-4,6-7,14-15H,5,8-11H2. The van der Waals surface area contributed by atoms with Crippen molar-refractivity contribution in [2.24, 2.45) is 0 Å². The molecule has 1 fully saturated rings. The second-order valence-electron chi connectivity index (χ2n) is 4.57. The predicted molar refractivity (Wildman–Crippen MR) is 70.5 cm³/mol. The first-order valence-electron chi connectivity index (χ1n) is 6.44. The molecule has 1 heterocycles. The molecule has 4 nitrogen and oxygen atoms in total. The summed E-state index contributed by atoms with van der Waals surface area (Å²) in [5.41, 5.74) is 1.15. The van der Waals surface area contributed by atoms with Crippen molar-refractivity contribution in [3.8, 4) is 0 Å². The van der Waals surface area contributed by atoms with Crippen LogP contribution in [-0.4, -0.2) is 31.1 Å². The summed E-state index contributed by atoms with van der Waals surface area (Å²) in [6, 6.07) is 9.38. The Morgan fingerprint density at radius 2 is 2.16 bits per heavy atom. The minimum atomic E-state index is -0.603. The largest absolute Gasteiger partial charge is 0.377 e. The zero-order valence-corrected chi connectivity index (χ0v) is 10.7. The zero-order valence-electron chi connectivity index (χ0n) is 10.7. The summed E-state index contributed by atoms with van der Waals surface area (Å²) in [6.07, 6.45) is 1.26. The Bertz CT molecular complexity index is 452. The van der Waals surface area contributed by atoms with E-state index in [4.69, 9.17) is 16.0 Å². The molecule has 0 N–H and O–H groups in total. The van der Waals surface area contributed by atoms with Crippen LogP contribution in [0.2, 0.25) is 0 Å². The summed E-state index contributed by atoms with van der Waals surface area (Å²) in [4.78, 5) is 14.7. The Kier molecular flexibility index (Phi) is 5.08. The van der Waals surface area contributed by atoms with E-state index in [0.29, 0.717) is 19.6 Å². The van der Waals surface area contributed by atoms with Crippen LogP contribution in [0.5, 0.6) is 0 Å². The van der Waals surface area contributed by atoms with Gasteiger partial charge in [0.15, 0.2) is 0 Å². The average Bonchev–Trinajstić information content (AvgIpc) is 2.80. The Balaban J connectivity index is 1.62. The Morgan fingerprint density at radius 1 is 1.37 bits per heavy atom. The van der Waals surface area contributed by atoms with E-state index in [1.807, 2.05) is 30.3 Å². The third kappa shape index (κ3) is 3.88. The quantitative estimate of drug-likeness (QED) is 0.581. The number of carbonyl (C=O) groups is 1. The van der Waals surface area contributed by atoms with Gasteiger partial charge >= 0.3 is 6.04 Å². The van der Waals surface area contributed by atoms with Gasteiger partial charge in [-0.15, -0.1) is 0 Å². The SMILES string of the molecule is [C-]#[N+]C1C(=O)COC1CCCOCc1ccccc1. The molecule has 0 amide bonds. The number of ketones is 1. The van der Waals surface area contributed by atoms with Crippen molar-refractivity contribution in [1.82, 2.24) is 0 Å². The lowest BCUT2D eigenvalue weighted by molar-refractivity contribution is -0.118. The smallest absolute Gasteiger partial charge is 0.308 e. The second kappa shape index (κ2) is 7.03. The molecule has 2 rings (SSSR count). The molecule has 0 radical (unpaired) electrons. The van der Waals surface area contributed by atoms with Crippen molar-refractivity contribution >= 4 is 5.78 Å². The first-order chi connectivity index (χ1) is 9.31. The fraction of sp³-hybridized carbons (Fsp3) is 0.467. The topological polar surface area (TPSA) is 39.9 Å². The first kappa shape index (κ1) is 13.7. The molecular weight excluding hydrogens is 242 g/mol. The van der Waals surface area contributed by atoms with Gasteiger partial charge in [0.1, 0.15) is 12.7 Å². The number of benzene rings is 1. The van der Waals surface area contributed by atoms with Gasteiger partial charge < -0.3 is 14.3 Å². The highest BCUT2D eigenvalue weighted by molar-refractivity contribution is 5.89. The summed E-state index contributed by atoms with van der Waals surface area (Å²) >= 11 is 0. The Labute approximate surface area is 113 Å². The molecule has 2 atom stereocenters. The lowest BCUT2D eigenvalue weighted by atomic mass is 10.1. The van der Waals surface area contributed by atoms with Crippen LogP contribution in [0.3, 0.4) is 0 Å². The van der Waals surface area contributed by atoms with Crippen molar-refractivity contribution < 1.29 is 14.3 Å². The third-order valence-corrected chi connectivity index (χ3v) is 3.15. The zero-order chi connectivity index (χ0) is 13.5. The van der Waals surface area contributed by atoms with Crippen LogP contribution < -0.4 is 0 Å². The number of rotatable bonds is 6. The molecule has 1 aliphatic heterocycles. The fourth-order valence-electron chi connectivity index (χ4n) is 2.12. The van der Waals surface area contributed by atoms with Gasteiger partial charge in [0.25, 0.3) is 0 Å². The van der Waals surface area contributed by atoms with Crippen LogP contribution in [0.4, 0.5) is 0 Å². The number of Topliss-reactive ketones (excluding diaryl/α,β-unsaturated/α-hetero) is 1. The van der Waals surface area contributed by atoms with E-state index in [9.17, 15) is 4.79 Å². The van der Waals surface area contributed by atoms with Gasteiger partial charge in [-0.1, -0.05) is 30.3 Å². The maximum Gasteiger partial charge on any atom is 0.308 e. The van der Waals surface area contributed by atoms with Gasteiger partial charge in [0.05, 0.1) is 6.61 Å². The lowest BCUT2D eigenvalue weighted by Gasteiger charge is -2.09. The monoisotopic (exact) mass is 259 g/mol. The average molecular weight is 259 g/mol. The van der Waals surface area contributed by atoms with Crippen molar-refractivity contribution in [3.63, 3.8) is 0 Å². The Morgan fingerprint density at radius 3 is 2.89 bits per heavy atom. The highest BCUT2D eigenvalue weighted by Gasteiger charge is 2.40. The molecule has 2 unspecified atom stereocenters. The van der Waals surface area contributed by atoms with Gasteiger partial charge in [0, 0.05) is 6.61 Å². The fourth-order valence-corrected chi connectivity index (χ4v) is 2.12. The van der Waals surface area contributed by atoms with Gasteiger partial charge in [-0.05, 0) is 18.4 Å². The molecule has 4 heteroatoms. The lowest BCUT2D eigenvalue weighted by Crippen LogP contribution is -2.23. The molecule has 1 saturated heterocycles. The summed E-state index contributed by atoms with van der Waals surface area (Å²) in [6.45, 7) is 8.28. The van der Waals surface area contributed by atoms with Crippen LogP contribution in [0.25, 0.3) is 4.85 Å². The van der Waals surface area contributed by atoms with E-state index in [1.54, 1.807) is 0 Å². The summed E-state index contributed by atoms with van der Waals surface area (Å²) in [5.74, 6) is -0.0924. The number of carbonyl (C=O) groups excluding carboxylic acids is 1. The number of ether oxygens (including phenoxy) is 2. The van der Waals surface area contributed by atoms with Gasteiger partial charge in [-0.3, -0.25) is 4.79 Å². The van der Waals surface area contributed by atoms with Crippen LogP contribution in [-0.2, 0) is 20.9 Å². The molecule has 1 aliphatic rings. The van der Waals surface area contributed by atoms with E-state index < -0.39 is 6.04 Å². The van der Waals surface area contributed by atoms with Crippen LogP contribution in [0.15, 0.2) is 30.3 Å². The minimum Gasteiger partial charge on any atom is -0.377 e. The molecule has 100 valence electrons. The van der Waals surface area contributed by atoms with Gasteiger partial charge in [-0.25, -0.2) is 6.57 Å². The van der Waals surface area contributed by atoms with Crippen LogP contribution in [0.1, 0.15) is 18.4 Å². The summed E-state index contributed by atoms with van der Waals surface area (Å²) in [7, 11) is 0. The van der Waals surface area contributed by atoms with Crippen LogP contribution >= 0.6 is 0 Å². The normalized spacial score (nSPS) is 22.4. The highest BCUT2D eigenvalue weighted by atomic mass is 16.5. The predicted octanol–water partition coefficient (Wildman–Crippen LogP) is 2.24. The number of hydrogen-bond donors (Lipinski definition) is 0. The molecule has 0 spiro atoms. The van der Waals surface area contributed by atoms with E-state index in [0.717, 1.165) is 12.0 Å². The first-order valence-corrected chi connectivity index (χ1v) is 6.44. The number of nitrogens with zero attached hydrogens (tertiary/aromatic N) is 1. The van der Waals surface area contributed by atoms with Gasteiger partial charge in [0.2, 0.25) is 5.78 Å². The highest BCUT2D eigenvalue weighted by Crippen LogP contribution is 2.18. The molecule has 1 aromatic rings. The van der Waals surface area contributed by atoms with E-state index in [-0.39, 0.29) is 18.5 Å². The maximum atomic E-state index is 11.3. The second-order valence-corrected chi connectivity index (χ2v) is 4.57. The summed E-state index contributed by atoms with van der Waals surface area (Å²) in [5, 5.41) is 0. The third-order valence-electron chi connectivity index (χ3n) is 3.15. The maximum absolute atomic E-state index is 11.3. The molecule has 0 saturated carbocycles. The van der Waals surface area contributed by atoms with Crippen LogP contribution in [0, 0.1) is 6.57 Å². The van der Waals surface area contributed by atoms with Gasteiger partial charge in [-0.2, -0.15) is 0 Å². The Hall–Kier alpha value is -1.70. The van der Waals surface area contributed by atoms with Crippen molar-refractivity contribution in [2.45, 2.75) is 31.6 Å². The molecule has 0 aliphatic carbocycles. The molecule has 19 heavy (non-hydrogen) atoms. The molecular formula is C15H17NO3. The molecule has 0 bridgehead atoms. The van der Waals surface area contributed by atoms with Crippen molar-refractivity contribution in [2.75, 3.05) is 13.2 Å². The van der Waals surface area contributed by atoms with E-state index >= 15 is 0 Å². The minimum absolute atomic E-state index is 0.0859.